The molecule has 3 aromatic rings. The zero-order valence-electron chi connectivity index (χ0n) is 16.9. The van der Waals surface area contributed by atoms with Crippen LogP contribution < -0.4 is 4.90 Å². The van der Waals surface area contributed by atoms with Crippen molar-refractivity contribution >= 4 is 23.1 Å². The van der Waals surface area contributed by atoms with E-state index >= 15 is 0 Å². The maximum Gasteiger partial charge on any atom is 0.241 e. The molecule has 0 spiro atoms. The number of ketones is 1. The van der Waals surface area contributed by atoms with Crippen LogP contribution in [0.25, 0.3) is 11.1 Å². The minimum Gasteiger partial charge on any atom is -0.292 e. The van der Waals surface area contributed by atoms with Crippen molar-refractivity contribution in [2.45, 2.75) is 39.5 Å². The van der Waals surface area contributed by atoms with E-state index in [2.05, 4.69) is 15.0 Å². The topological polar surface area (TPSA) is 76.1 Å². The molecule has 0 aliphatic carbocycles. The third kappa shape index (κ3) is 3.10. The highest BCUT2D eigenvalue weighted by atomic mass is 16.2. The van der Waals surface area contributed by atoms with Gasteiger partial charge in [0, 0.05) is 30.6 Å². The summed E-state index contributed by atoms with van der Waals surface area (Å²) in [5.74, 6) is 0.618. The van der Waals surface area contributed by atoms with E-state index in [1.165, 1.54) is 0 Å². The van der Waals surface area contributed by atoms with E-state index in [1.54, 1.807) is 42.5 Å². The maximum absolute atomic E-state index is 13.3. The lowest BCUT2D eigenvalue weighted by molar-refractivity contribution is -0.121. The van der Waals surface area contributed by atoms with Crippen LogP contribution in [0.15, 0.2) is 48.9 Å². The first-order valence-electron chi connectivity index (χ1n) is 9.60. The number of amides is 1. The number of Topliss-reactive ketones (excluding diaryl/α,β-unsaturated/α-hetero) is 1. The molecule has 3 heterocycles. The molecule has 0 fully saturated rings. The summed E-state index contributed by atoms with van der Waals surface area (Å²) in [5, 5.41) is 0. The van der Waals surface area contributed by atoms with Crippen LogP contribution in [0, 0.1) is 6.92 Å². The number of rotatable bonds is 4. The predicted molar refractivity (Wildman–Crippen MR) is 111 cm³/mol. The van der Waals surface area contributed by atoms with Crippen LogP contribution in [0.5, 0.6) is 0 Å². The van der Waals surface area contributed by atoms with E-state index in [0.717, 1.165) is 22.4 Å². The monoisotopic (exact) mass is 386 g/mol. The highest BCUT2D eigenvalue weighted by Gasteiger charge is 2.44. The normalized spacial score (nSPS) is 14.8. The molecule has 0 N–H and O–H groups in total. The molecule has 4 rings (SSSR count). The summed E-state index contributed by atoms with van der Waals surface area (Å²) in [6.07, 6.45) is 5.50. The van der Waals surface area contributed by atoms with Gasteiger partial charge < -0.3 is 0 Å². The quantitative estimate of drug-likeness (QED) is 0.621. The van der Waals surface area contributed by atoms with Crippen molar-refractivity contribution < 1.29 is 9.59 Å². The number of fused-ring (bicyclic) bond motifs is 1. The van der Waals surface area contributed by atoms with E-state index in [-0.39, 0.29) is 11.7 Å². The van der Waals surface area contributed by atoms with Crippen molar-refractivity contribution in [3.8, 4) is 11.1 Å². The fourth-order valence-electron chi connectivity index (χ4n) is 3.62. The van der Waals surface area contributed by atoms with Gasteiger partial charge in [0.1, 0.15) is 11.5 Å². The molecular weight excluding hydrogens is 364 g/mol. The Morgan fingerprint density at radius 3 is 2.45 bits per heavy atom. The van der Waals surface area contributed by atoms with Crippen LogP contribution in [-0.2, 0) is 10.2 Å². The molecule has 0 saturated carbocycles. The zero-order valence-corrected chi connectivity index (χ0v) is 16.9. The molecule has 1 aliphatic heterocycles. The Bertz CT molecular complexity index is 1120. The van der Waals surface area contributed by atoms with Crippen molar-refractivity contribution in [1.82, 2.24) is 15.0 Å². The number of nitrogens with zero attached hydrogens (tertiary/aromatic N) is 4. The fraction of sp³-hybridized carbons (Fsp3) is 0.261. The van der Waals surface area contributed by atoms with Crippen LogP contribution in [0.3, 0.4) is 0 Å². The summed E-state index contributed by atoms with van der Waals surface area (Å²) in [7, 11) is 0. The van der Waals surface area contributed by atoms with Gasteiger partial charge in [-0.3, -0.25) is 19.5 Å². The summed E-state index contributed by atoms with van der Waals surface area (Å²) < 4.78 is 0. The van der Waals surface area contributed by atoms with Gasteiger partial charge >= 0.3 is 0 Å². The molecule has 1 amide bonds. The van der Waals surface area contributed by atoms with E-state index < -0.39 is 5.41 Å². The largest absolute Gasteiger partial charge is 0.292 e. The van der Waals surface area contributed by atoms with Crippen molar-refractivity contribution in [3.63, 3.8) is 0 Å². The number of benzene rings is 1. The first-order chi connectivity index (χ1) is 13.8. The highest BCUT2D eigenvalue weighted by molar-refractivity contribution is 6.13. The SMILES string of the molecule is CCC(=O)c1cc(N2C(=O)C(C)(C)c3ccc(-c4cnc(C)nc4)cc32)ccn1. The van der Waals surface area contributed by atoms with Gasteiger partial charge in [-0.15, -0.1) is 0 Å². The second kappa shape index (κ2) is 6.88. The van der Waals surface area contributed by atoms with Crippen LogP contribution in [0.4, 0.5) is 11.4 Å². The van der Waals surface area contributed by atoms with Gasteiger partial charge in [-0.2, -0.15) is 0 Å². The Labute approximate surface area is 169 Å². The van der Waals surface area contributed by atoms with E-state index in [0.29, 0.717) is 23.6 Å². The van der Waals surface area contributed by atoms with Crippen LogP contribution in [-0.4, -0.2) is 26.6 Å². The second-order valence-electron chi connectivity index (χ2n) is 7.69. The molecule has 0 unspecified atom stereocenters. The summed E-state index contributed by atoms with van der Waals surface area (Å²) in [5.41, 5.74) is 3.90. The van der Waals surface area contributed by atoms with Gasteiger partial charge in [-0.25, -0.2) is 9.97 Å². The lowest BCUT2D eigenvalue weighted by Crippen LogP contribution is -2.33. The standard InChI is InChI=1S/C23H22N4O2/c1-5-21(28)19-11-17(8-9-24-19)27-20-10-15(16-12-25-14(2)26-13-16)6-7-18(20)23(3,4)22(27)29/h6-13H,5H2,1-4H3. The molecule has 2 aromatic heterocycles. The van der Waals surface area contributed by atoms with E-state index in [9.17, 15) is 9.59 Å². The number of hydrogen-bond donors (Lipinski definition) is 0. The molecule has 146 valence electrons. The smallest absolute Gasteiger partial charge is 0.241 e. The zero-order chi connectivity index (χ0) is 20.8. The van der Waals surface area contributed by atoms with Crippen LogP contribution >= 0.6 is 0 Å². The average Bonchev–Trinajstić information content (AvgIpc) is 2.93. The first-order valence-corrected chi connectivity index (χ1v) is 9.60. The van der Waals surface area contributed by atoms with E-state index in [1.807, 2.05) is 39.0 Å². The Kier molecular flexibility index (Phi) is 4.49. The average molecular weight is 386 g/mol. The lowest BCUT2D eigenvalue weighted by Gasteiger charge is -2.21. The third-order valence-corrected chi connectivity index (χ3v) is 5.37. The first kappa shape index (κ1) is 18.9. The number of carbonyl (C=O) groups excluding carboxylic acids is 2. The Hall–Kier alpha value is -3.41. The Morgan fingerprint density at radius 1 is 1.03 bits per heavy atom. The van der Waals surface area contributed by atoms with E-state index in [4.69, 9.17) is 0 Å². The molecule has 1 aromatic carbocycles. The summed E-state index contributed by atoms with van der Waals surface area (Å²) in [6, 6.07) is 9.41. The summed E-state index contributed by atoms with van der Waals surface area (Å²) in [4.78, 5) is 39.8. The van der Waals surface area contributed by atoms with Crippen LogP contribution in [0.2, 0.25) is 0 Å². The molecule has 0 atom stereocenters. The minimum atomic E-state index is -0.671. The molecule has 29 heavy (non-hydrogen) atoms. The molecule has 6 heteroatoms. The number of anilines is 2. The highest BCUT2D eigenvalue weighted by Crippen LogP contribution is 2.46. The van der Waals surface area contributed by atoms with Gasteiger partial charge in [-0.1, -0.05) is 19.1 Å². The number of pyridine rings is 1. The molecule has 6 nitrogen and oxygen atoms in total. The number of carbonyl (C=O) groups is 2. The van der Waals surface area contributed by atoms with Crippen molar-refractivity contribution in [3.05, 3.63) is 66.0 Å². The summed E-state index contributed by atoms with van der Waals surface area (Å²) in [6.45, 7) is 7.48. The van der Waals surface area contributed by atoms with Crippen molar-refractivity contribution in [2.24, 2.45) is 0 Å². The van der Waals surface area contributed by atoms with Crippen LogP contribution in [0.1, 0.15) is 49.1 Å². The van der Waals surface area contributed by atoms with Gasteiger partial charge in [0.2, 0.25) is 5.91 Å². The predicted octanol–water partition coefficient (Wildman–Crippen LogP) is 4.40. The van der Waals surface area contributed by atoms with Gasteiger partial charge in [-0.05, 0) is 50.1 Å². The lowest BCUT2D eigenvalue weighted by atomic mass is 9.85. The molecule has 0 bridgehead atoms. The van der Waals surface area contributed by atoms with Gasteiger partial charge in [0.25, 0.3) is 0 Å². The third-order valence-electron chi connectivity index (χ3n) is 5.37. The second-order valence-corrected chi connectivity index (χ2v) is 7.69. The van der Waals surface area contributed by atoms with Crippen molar-refractivity contribution in [1.29, 1.82) is 0 Å². The number of hydrogen-bond acceptors (Lipinski definition) is 5. The molecular formula is C23H22N4O2. The molecule has 1 aliphatic rings. The van der Waals surface area contributed by atoms with Crippen molar-refractivity contribution in [2.75, 3.05) is 4.90 Å². The van der Waals surface area contributed by atoms with Gasteiger partial charge in [0.15, 0.2) is 5.78 Å². The number of aromatic nitrogens is 3. The molecule has 0 radical (unpaired) electrons. The summed E-state index contributed by atoms with van der Waals surface area (Å²) >= 11 is 0. The fourth-order valence-corrected chi connectivity index (χ4v) is 3.62. The Balaban J connectivity index is 1.86. The molecule has 0 saturated heterocycles. The Morgan fingerprint density at radius 2 is 1.76 bits per heavy atom. The van der Waals surface area contributed by atoms with Gasteiger partial charge in [0.05, 0.1) is 16.8 Å². The minimum absolute atomic E-state index is 0.0362. The maximum atomic E-state index is 13.3. The number of aryl methyl sites for hydroxylation is 1.